The Morgan fingerprint density at radius 1 is 1.73 bits per heavy atom. The molecule has 0 fully saturated rings. The summed E-state index contributed by atoms with van der Waals surface area (Å²) in [4.78, 5) is 0. The molecule has 0 aromatic carbocycles. The molecule has 0 aromatic rings. The van der Waals surface area contributed by atoms with Crippen LogP contribution in [0, 0.1) is 17.2 Å². The van der Waals surface area contributed by atoms with Gasteiger partial charge in [0.15, 0.2) is 0 Å². The average molecular weight is 145 g/mol. The molecule has 0 aliphatic heterocycles. The van der Waals surface area contributed by atoms with Gasteiger partial charge in [0, 0.05) is 12.0 Å². The van der Waals surface area contributed by atoms with E-state index >= 15 is 0 Å². The Bertz CT molecular complexity index is 263. The molecule has 1 aliphatic carbocycles. The molecule has 1 nitrogen and oxygen atoms in total. The molecule has 0 spiro atoms. The molecule has 11 heavy (non-hydrogen) atoms. The highest BCUT2D eigenvalue weighted by molar-refractivity contribution is 5.34. The van der Waals surface area contributed by atoms with Gasteiger partial charge in [0.2, 0.25) is 0 Å². The standard InChI is InChI=1S/C10H11N/c1-8-4-3-5-10(7-11)6-9(8)2/h3-5,8H,2,6H2,1H3. The molecule has 1 atom stereocenters. The molecular weight excluding hydrogens is 134 g/mol. The van der Waals surface area contributed by atoms with Crippen LogP contribution in [-0.2, 0) is 0 Å². The van der Waals surface area contributed by atoms with E-state index < -0.39 is 0 Å². The van der Waals surface area contributed by atoms with Crippen molar-refractivity contribution < 1.29 is 0 Å². The highest BCUT2D eigenvalue weighted by Crippen LogP contribution is 2.21. The largest absolute Gasteiger partial charge is 0.193 e. The summed E-state index contributed by atoms with van der Waals surface area (Å²) < 4.78 is 0. The SMILES string of the molecule is C=C1CC(C#N)=CC=CC1C. The van der Waals surface area contributed by atoms with Gasteiger partial charge in [-0.15, -0.1) is 0 Å². The topological polar surface area (TPSA) is 23.8 Å². The first kappa shape index (κ1) is 7.81. The number of rotatable bonds is 0. The Labute approximate surface area is 67.3 Å². The van der Waals surface area contributed by atoms with Gasteiger partial charge in [-0.2, -0.15) is 5.26 Å². The van der Waals surface area contributed by atoms with Crippen LogP contribution in [0.4, 0.5) is 0 Å². The molecule has 1 rings (SSSR count). The Morgan fingerprint density at radius 3 is 3.09 bits per heavy atom. The molecule has 0 bridgehead atoms. The third-order valence-electron chi connectivity index (χ3n) is 1.90. The van der Waals surface area contributed by atoms with E-state index in [2.05, 4.69) is 25.6 Å². The lowest BCUT2D eigenvalue weighted by Gasteiger charge is -2.06. The fourth-order valence-electron chi connectivity index (χ4n) is 1.02. The quantitative estimate of drug-likeness (QED) is 0.480. The van der Waals surface area contributed by atoms with E-state index in [0.717, 1.165) is 17.6 Å². The molecular formula is C10H11N. The minimum Gasteiger partial charge on any atom is -0.193 e. The van der Waals surface area contributed by atoms with Crippen molar-refractivity contribution in [3.63, 3.8) is 0 Å². The summed E-state index contributed by atoms with van der Waals surface area (Å²) in [5, 5.41) is 8.63. The van der Waals surface area contributed by atoms with Gasteiger partial charge in [-0.3, -0.25) is 0 Å². The van der Waals surface area contributed by atoms with Gasteiger partial charge in [0.05, 0.1) is 6.07 Å². The smallest absolute Gasteiger partial charge is 0.0950 e. The van der Waals surface area contributed by atoms with Crippen molar-refractivity contribution in [3.05, 3.63) is 36.0 Å². The van der Waals surface area contributed by atoms with Gasteiger partial charge in [-0.05, 0) is 12.0 Å². The van der Waals surface area contributed by atoms with Crippen LogP contribution in [0.5, 0.6) is 0 Å². The predicted molar refractivity (Wildman–Crippen MR) is 45.8 cm³/mol. The molecule has 0 saturated carbocycles. The van der Waals surface area contributed by atoms with E-state index in [0.29, 0.717) is 5.92 Å². The van der Waals surface area contributed by atoms with Crippen molar-refractivity contribution in [2.24, 2.45) is 5.92 Å². The molecule has 0 saturated heterocycles. The van der Waals surface area contributed by atoms with Gasteiger partial charge in [0.25, 0.3) is 0 Å². The summed E-state index contributed by atoms with van der Waals surface area (Å²) in [6, 6.07) is 2.14. The molecule has 0 N–H and O–H groups in total. The maximum atomic E-state index is 8.63. The molecule has 1 unspecified atom stereocenters. The zero-order valence-electron chi connectivity index (χ0n) is 6.67. The lowest BCUT2D eigenvalue weighted by atomic mass is 9.98. The molecule has 1 heteroatoms. The average Bonchev–Trinajstić information content (AvgIpc) is 2.15. The first-order valence-electron chi connectivity index (χ1n) is 3.69. The zero-order valence-corrected chi connectivity index (χ0v) is 6.67. The molecule has 1 aliphatic rings. The van der Waals surface area contributed by atoms with Crippen molar-refractivity contribution in [1.82, 2.24) is 0 Å². The summed E-state index contributed by atoms with van der Waals surface area (Å²) >= 11 is 0. The summed E-state index contributed by atoms with van der Waals surface area (Å²) in [5.74, 6) is 0.400. The summed E-state index contributed by atoms with van der Waals surface area (Å²) in [6.07, 6.45) is 6.58. The summed E-state index contributed by atoms with van der Waals surface area (Å²) in [5.41, 5.74) is 1.92. The minimum absolute atomic E-state index is 0.400. The van der Waals surface area contributed by atoms with E-state index in [1.807, 2.05) is 12.2 Å². The normalized spacial score (nSPS) is 23.8. The lowest BCUT2D eigenvalue weighted by Crippen LogP contribution is -1.92. The third-order valence-corrected chi connectivity index (χ3v) is 1.90. The van der Waals surface area contributed by atoms with Crippen molar-refractivity contribution >= 4 is 0 Å². The Morgan fingerprint density at radius 2 is 2.45 bits per heavy atom. The van der Waals surface area contributed by atoms with Crippen LogP contribution in [0.25, 0.3) is 0 Å². The van der Waals surface area contributed by atoms with Crippen LogP contribution >= 0.6 is 0 Å². The Balaban J connectivity index is 2.83. The zero-order chi connectivity index (χ0) is 8.27. The Kier molecular flexibility index (Phi) is 2.28. The second-order valence-corrected chi connectivity index (χ2v) is 2.81. The van der Waals surface area contributed by atoms with Crippen LogP contribution in [-0.4, -0.2) is 0 Å². The van der Waals surface area contributed by atoms with Crippen LogP contribution in [0.2, 0.25) is 0 Å². The molecule has 0 amide bonds. The molecule has 0 aromatic heterocycles. The fourth-order valence-corrected chi connectivity index (χ4v) is 1.02. The first-order chi connectivity index (χ1) is 5.24. The number of allylic oxidation sites excluding steroid dienone is 5. The maximum absolute atomic E-state index is 8.63. The Hall–Kier alpha value is -1.29. The van der Waals surface area contributed by atoms with Crippen LogP contribution < -0.4 is 0 Å². The van der Waals surface area contributed by atoms with Crippen molar-refractivity contribution in [2.75, 3.05) is 0 Å². The van der Waals surface area contributed by atoms with E-state index in [4.69, 9.17) is 5.26 Å². The summed E-state index contributed by atoms with van der Waals surface area (Å²) in [7, 11) is 0. The molecule has 0 heterocycles. The van der Waals surface area contributed by atoms with E-state index in [9.17, 15) is 0 Å². The molecule has 0 radical (unpaired) electrons. The van der Waals surface area contributed by atoms with E-state index in [-0.39, 0.29) is 0 Å². The van der Waals surface area contributed by atoms with Gasteiger partial charge in [0.1, 0.15) is 0 Å². The van der Waals surface area contributed by atoms with Gasteiger partial charge < -0.3 is 0 Å². The van der Waals surface area contributed by atoms with E-state index in [1.54, 1.807) is 0 Å². The van der Waals surface area contributed by atoms with Crippen LogP contribution in [0.3, 0.4) is 0 Å². The van der Waals surface area contributed by atoms with Crippen LogP contribution in [0.1, 0.15) is 13.3 Å². The lowest BCUT2D eigenvalue weighted by molar-refractivity contribution is 0.837. The van der Waals surface area contributed by atoms with Crippen LogP contribution in [0.15, 0.2) is 36.0 Å². The first-order valence-corrected chi connectivity index (χ1v) is 3.69. The number of nitriles is 1. The second kappa shape index (κ2) is 3.21. The highest BCUT2D eigenvalue weighted by atomic mass is 14.3. The van der Waals surface area contributed by atoms with Gasteiger partial charge >= 0.3 is 0 Å². The van der Waals surface area contributed by atoms with Crippen molar-refractivity contribution in [3.8, 4) is 6.07 Å². The number of hydrogen-bond donors (Lipinski definition) is 0. The monoisotopic (exact) mass is 145 g/mol. The van der Waals surface area contributed by atoms with Crippen molar-refractivity contribution in [1.29, 1.82) is 5.26 Å². The predicted octanol–water partition coefficient (Wildman–Crippen LogP) is 2.59. The second-order valence-electron chi connectivity index (χ2n) is 2.81. The third kappa shape index (κ3) is 1.81. The number of nitrogens with zero attached hydrogens (tertiary/aromatic N) is 1. The molecule has 56 valence electrons. The minimum atomic E-state index is 0.400. The fraction of sp³-hybridized carbons (Fsp3) is 0.300. The van der Waals surface area contributed by atoms with Crippen molar-refractivity contribution in [2.45, 2.75) is 13.3 Å². The number of hydrogen-bond acceptors (Lipinski definition) is 1. The van der Waals surface area contributed by atoms with Gasteiger partial charge in [-0.25, -0.2) is 0 Å². The van der Waals surface area contributed by atoms with Gasteiger partial charge in [-0.1, -0.05) is 31.2 Å². The van der Waals surface area contributed by atoms with E-state index in [1.165, 1.54) is 0 Å². The summed E-state index contributed by atoms with van der Waals surface area (Å²) in [6.45, 7) is 6.00. The maximum Gasteiger partial charge on any atom is 0.0950 e. The highest BCUT2D eigenvalue weighted by Gasteiger charge is 2.07.